The van der Waals surface area contributed by atoms with Gasteiger partial charge < -0.3 is 9.69 Å². The molecule has 0 heterocycles. The first-order valence-electron chi connectivity index (χ1n) is 7.34. The largest absolute Gasteiger partial charge is 0.307 e. The van der Waals surface area contributed by atoms with Crippen molar-refractivity contribution in [1.29, 1.82) is 0 Å². The summed E-state index contributed by atoms with van der Waals surface area (Å²) in [6.07, 6.45) is 1.87. The Morgan fingerprint density at radius 1 is 0.952 bits per heavy atom. The standard InChI is InChI=1S/C19H23NO/c1-16(20(2)3)14-19(15-21,17-10-6-4-7-11-17)18-12-8-5-9-13-18/h4-13,15-16H,14H2,1-3H3. The number of hydrogen-bond acceptors (Lipinski definition) is 2. The zero-order valence-electron chi connectivity index (χ0n) is 13.0. The van der Waals surface area contributed by atoms with E-state index in [-0.39, 0.29) is 0 Å². The summed E-state index contributed by atoms with van der Waals surface area (Å²) in [6, 6.07) is 20.4. The fraction of sp³-hybridized carbons (Fsp3) is 0.316. The molecule has 2 aromatic carbocycles. The number of hydrogen-bond donors (Lipinski definition) is 0. The summed E-state index contributed by atoms with van der Waals surface area (Å²) < 4.78 is 0. The smallest absolute Gasteiger partial charge is 0.134 e. The van der Waals surface area contributed by atoms with E-state index >= 15 is 0 Å². The maximum absolute atomic E-state index is 12.2. The Labute approximate surface area is 127 Å². The van der Waals surface area contributed by atoms with Crippen LogP contribution >= 0.6 is 0 Å². The third kappa shape index (κ3) is 3.22. The predicted octanol–water partition coefficient (Wildman–Crippen LogP) is 3.51. The lowest BCUT2D eigenvalue weighted by Gasteiger charge is -2.34. The Bertz CT molecular complexity index is 523. The summed E-state index contributed by atoms with van der Waals surface area (Å²) in [7, 11) is 4.10. The molecular formula is C19H23NO. The van der Waals surface area contributed by atoms with Crippen LogP contribution in [0.3, 0.4) is 0 Å². The van der Waals surface area contributed by atoms with Crippen molar-refractivity contribution in [3.8, 4) is 0 Å². The van der Waals surface area contributed by atoms with E-state index in [9.17, 15) is 4.79 Å². The molecule has 0 saturated carbocycles. The van der Waals surface area contributed by atoms with Gasteiger partial charge in [-0.3, -0.25) is 0 Å². The molecule has 0 saturated heterocycles. The first-order chi connectivity index (χ1) is 10.1. The van der Waals surface area contributed by atoms with Crippen LogP contribution in [-0.2, 0) is 10.2 Å². The molecule has 0 N–H and O–H groups in total. The normalized spacial score (nSPS) is 13.1. The van der Waals surface area contributed by atoms with E-state index in [0.717, 1.165) is 23.8 Å². The van der Waals surface area contributed by atoms with Crippen LogP contribution in [0.5, 0.6) is 0 Å². The van der Waals surface area contributed by atoms with Gasteiger partial charge in [0.15, 0.2) is 0 Å². The summed E-state index contributed by atoms with van der Waals surface area (Å²) in [4.78, 5) is 14.3. The zero-order valence-corrected chi connectivity index (χ0v) is 13.0. The molecule has 0 amide bonds. The van der Waals surface area contributed by atoms with E-state index in [4.69, 9.17) is 0 Å². The van der Waals surface area contributed by atoms with Crippen LogP contribution in [-0.4, -0.2) is 31.3 Å². The fourth-order valence-electron chi connectivity index (χ4n) is 2.71. The Morgan fingerprint density at radius 2 is 1.38 bits per heavy atom. The van der Waals surface area contributed by atoms with Gasteiger partial charge in [-0.15, -0.1) is 0 Å². The minimum absolute atomic E-state index is 0.301. The average molecular weight is 281 g/mol. The van der Waals surface area contributed by atoms with Crippen LogP contribution in [0.4, 0.5) is 0 Å². The van der Waals surface area contributed by atoms with Gasteiger partial charge in [-0.1, -0.05) is 60.7 Å². The Morgan fingerprint density at radius 3 is 1.71 bits per heavy atom. The number of carbonyl (C=O) groups excluding carboxylic acids is 1. The minimum atomic E-state index is -0.591. The molecule has 1 unspecified atom stereocenters. The number of carbonyl (C=O) groups is 1. The molecule has 0 aliphatic rings. The number of aldehydes is 1. The molecule has 0 aliphatic heterocycles. The lowest BCUT2D eigenvalue weighted by molar-refractivity contribution is -0.112. The summed E-state index contributed by atoms with van der Waals surface area (Å²) in [5, 5.41) is 0. The number of rotatable bonds is 6. The van der Waals surface area contributed by atoms with Gasteiger partial charge in [-0.2, -0.15) is 0 Å². The quantitative estimate of drug-likeness (QED) is 0.755. The molecule has 110 valence electrons. The first-order valence-corrected chi connectivity index (χ1v) is 7.34. The second kappa shape index (κ2) is 6.68. The molecule has 0 spiro atoms. The maximum atomic E-state index is 12.2. The van der Waals surface area contributed by atoms with Crippen LogP contribution in [0, 0.1) is 0 Å². The molecule has 2 nitrogen and oxygen atoms in total. The van der Waals surface area contributed by atoms with Crippen molar-refractivity contribution < 1.29 is 4.79 Å². The van der Waals surface area contributed by atoms with E-state index in [2.05, 4.69) is 25.9 Å². The highest BCUT2D eigenvalue weighted by molar-refractivity contribution is 5.75. The average Bonchev–Trinajstić information content (AvgIpc) is 2.54. The van der Waals surface area contributed by atoms with Crippen molar-refractivity contribution in [2.75, 3.05) is 14.1 Å². The Balaban J connectivity index is 2.54. The van der Waals surface area contributed by atoms with E-state index in [0.29, 0.717) is 6.04 Å². The van der Waals surface area contributed by atoms with Crippen LogP contribution in [0.1, 0.15) is 24.5 Å². The second-order valence-corrected chi connectivity index (χ2v) is 5.84. The van der Waals surface area contributed by atoms with Gasteiger partial charge >= 0.3 is 0 Å². The molecule has 2 rings (SSSR count). The maximum Gasteiger partial charge on any atom is 0.134 e. The van der Waals surface area contributed by atoms with Crippen LogP contribution in [0.25, 0.3) is 0 Å². The molecule has 0 bridgehead atoms. The number of nitrogens with zero attached hydrogens (tertiary/aromatic N) is 1. The van der Waals surface area contributed by atoms with E-state index in [1.165, 1.54) is 0 Å². The van der Waals surface area contributed by atoms with Crippen LogP contribution in [0.15, 0.2) is 60.7 Å². The first kappa shape index (κ1) is 15.5. The van der Waals surface area contributed by atoms with Gasteiger partial charge in [0.1, 0.15) is 6.29 Å². The van der Waals surface area contributed by atoms with Gasteiger partial charge in [-0.25, -0.2) is 0 Å². The minimum Gasteiger partial charge on any atom is -0.307 e. The SMILES string of the molecule is CC(CC(C=O)(c1ccccc1)c1ccccc1)N(C)C. The number of benzene rings is 2. The second-order valence-electron chi connectivity index (χ2n) is 5.84. The third-order valence-electron chi connectivity index (χ3n) is 4.28. The molecule has 0 fully saturated rings. The Hall–Kier alpha value is -1.93. The van der Waals surface area contributed by atoms with Gasteiger partial charge in [0, 0.05) is 6.04 Å². The van der Waals surface area contributed by atoms with Crippen molar-refractivity contribution in [3.63, 3.8) is 0 Å². The topological polar surface area (TPSA) is 20.3 Å². The highest BCUT2D eigenvalue weighted by Crippen LogP contribution is 2.35. The monoisotopic (exact) mass is 281 g/mol. The lowest BCUT2D eigenvalue weighted by atomic mass is 9.71. The summed E-state index contributed by atoms with van der Waals surface area (Å²) in [6.45, 7) is 2.16. The van der Waals surface area contributed by atoms with Gasteiger partial charge in [0.25, 0.3) is 0 Å². The van der Waals surface area contributed by atoms with Crippen molar-refractivity contribution in [2.45, 2.75) is 24.8 Å². The molecule has 0 aliphatic carbocycles. The van der Waals surface area contributed by atoms with E-state index in [1.807, 2.05) is 60.7 Å². The molecule has 21 heavy (non-hydrogen) atoms. The van der Waals surface area contributed by atoms with E-state index < -0.39 is 5.41 Å². The molecular weight excluding hydrogens is 258 g/mol. The van der Waals surface area contributed by atoms with Gasteiger partial charge in [0.05, 0.1) is 5.41 Å². The van der Waals surface area contributed by atoms with E-state index in [1.54, 1.807) is 0 Å². The molecule has 2 aromatic rings. The zero-order chi connectivity index (χ0) is 15.3. The van der Waals surface area contributed by atoms with Crippen molar-refractivity contribution in [2.24, 2.45) is 0 Å². The fourth-order valence-corrected chi connectivity index (χ4v) is 2.71. The van der Waals surface area contributed by atoms with Crippen molar-refractivity contribution in [1.82, 2.24) is 4.90 Å². The molecule has 0 aromatic heterocycles. The van der Waals surface area contributed by atoms with Crippen LogP contribution in [0.2, 0.25) is 0 Å². The van der Waals surface area contributed by atoms with Crippen LogP contribution < -0.4 is 0 Å². The summed E-state index contributed by atoms with van der Waals surface area (Å²) >= 11 is 0. The molecule has 1 atom stereocenters. The van der Waals surface area contributed by atoms with Gasteiger partial charge in [0.2, 0.25) is 0 Å². The highest BCUT2D eigenvalue weighted by atomic mass is 16.1. The summed E-state index contributed by atoms with van der Waals surface area (Å²) in [5.74, 6) is 0. The summed E-state index contributed by atoms with van der Waals surface area (Å²) in [5.41, 5.74) is 1.52. The molecule has 0 radical (unpaired) electrons. The third-order valence-corrected chi connectivity index (χ3v) is 4.28. The van der Waals surface area contributed by atoms with Crippen molar-refractivity contribution in [3.05, 3.63) is 71.8 Å². The molecule has 2 heteroatoms. The Kier molecular flexibility index (Phi) is 4.92. The predicted molar refractivity (Wildman–Crippen MR) is 87.5 cm³/mol. The van der Waals surface area contributed by atoms with Crippen molar-refractivity contribution >= 4 is 6.29 Å². The highest BCUT2D eigenvalue weighted by Gasteiger charge is 2.35. The lowest BCUT2D eigenvalue weighted by Crippen LogP contribution is -2.38. The van der Waals surface area contributed by atoms with Gasteiger partial charge in [-0.05, 0) is 38.6 Å².